The van der Waals surface area contributed by atoms with E-state index >= 15 is 0 Å². The third-order valence-electron chi connectivity index (χ3n) is 4.43. The SMILES string of the molecule is Cc1oncc1C(=O)NCC1CCN(S(=O)(=O)C2CC2)CC1. The van der Waals surface area contributed by atoms with Gasteiger partial charge in [-0.25, -0.2) is 12.7 Å². The Kier molecular flexibility index (Phi) is 4.22. The number of hydrogen-bond acceptors (Lipinski definition) is 5. The van der Waals surface area contributed by atoms with E-state index in [4.69, 9.17) is 4.52 Å². The number of nitrogens with zero attached hydrogens (tertiary/aromatic N) is 2. The second-order valence-corrected chi connectivity index (χ2v) is 8.31. The van der Waals surface area contributed by atoms with Crippen LogP contribution in [-0.2, 0) is 10.0 Å². The first-order chi connectivity index (χ1) is 10.5. The fourth-order valence-corrected chi connectivity index (χ4v) is 4.67. The highest BCUT2D eigenvalue weighted by Gasteiger charge is 2.41. The minimum Gasteiger partial charge on any atom is -0.361 e. The lowest BCUT2D eigenvalue weighted by Gasteiger charge is -2.31. The average Bonchev–Trinajstić information content (AvgIpc) is 3.28. The first-order valence-corrected chi connectivity index (χ1v) is 9.17. The molecule has 8 heteroatoms. The van der Waals surface area contributed by atoms with Crippen LogP contribution in [0.5, 0.6) is 0 Å². The third-order valence-corrected chi connectivity index (χ3v) is 6.82. The summed E-state index contributed by atoms with van der Waals surface area (Å²) >= 11 is 0. The fraction of sp³-hybridized carbons (Fsp3) is 0.714. The summed E-state index contributed by atoms with van der Waals surface area (Å²) in [5.41, 5.74) is 0.453. The smallest absolute Gasteiger partial charge is 0.256 e. The molecule has 1 saturated heterocycles. The van der Waals surface area contributed by atoms with Crippen LogP contribution in [0.3, 0.4) is 0 Å². The van der Waals surface area contributed by atoms with Gasteiger partial charge in [-0.3, -0.25) is 4.79 Å². The third kappa shape index (κ3) is 3.17. The molecule has 1 saturated carbocycles. The minimum atomic E-state index is -3.06. The second kappa shape index (κ2) is 6.00. The molecule has 3 rings (SSSR count). The predicted molar refractivity (Wildman–Crippen MR) is 79.8 cm³/mol. The van der Waals surface area contributed by atoms with E-state index in [9.17, 15) is 13.2 Å². The summed E-state index contributed by atoms with van der Waals surface area (Å²) in [6.07, 6.45) is 4.59. The largest absolute Gasteiger partial charge is 0.361 e. The Bertz CT molecular complexity index is 643. The number of piperidine rings is 1. The summed E-state index contributed by atoms with van der Waals surface area (Å²) in [6.45, 7) is 3.38. The Hall–Kier alpha value is -1.41. The summed E-state index contributed by atoms with van der Waals surface area (Å²) < 4.78 is 30.8. The van der Waals surface area contributed by atoms with Crippen molar-refractivity contribution in [2.45, 2.75) is 37.9 Å². The van der Waals surface area contributed by atoms with Crippen LogP contribution in [-0.4, -0.2) is 48.7 Å². The van der Waals surface area contributed by atoms with E-state index in [2.05, 4.69) is 10.5 Å². The van der Waals surface area contributed by atoms with Gasteiger partial charge in [-0.05, 0) is 38.5 Å². The zero-order valence-electron chi connectivity index (χ0n) is 12.6. The summed E-state index contributed by atoms with van der Waals surface area (Å²) in [5.74, 6) is 0.629. The molecule has 1 aliphatic carbocycles. The zero-order chi connectivity index (χ0) is 15.7. The first kappa shape index (κ1) is 15.5. The van der Waals surface area contributed by atoms with Gasteiger partial charge >= 0.3 is 0 Å². The lowest BCUT2D eigenvalue weighted by Crippen LogP contribution is -2.42. The number of hydrogen-bond donors (Lipinski definition) is 1. The van der Waals surface area contributed by atoms with Crippen molar-refractivity contribution in [1.82, 2.24) is 14.8 Å². The van der Waals surface area contributed by atoms with Gasteiger partial charge in [0.2, 0.25) is 10.0 Å². The molecular formula is C14H21N3O4S. The van der Waals surface area contributed by atoms with Crippen LogP contribution in [0.1, 0.15) is 41.8 Å². The van der Waals surface area contributed by atoms with Crippen LogP contribution in [0, 0.1) is 12.8 Å². The van der Waals surface area contributed by atoms with Gasteiger partial charge in [0.05, 0.1) is 11.4 Å². The maximum Gasteiger partial charge on any atom is 0.256 e. The quantitative estimate of drug-likeness (QED) is 0.868. The molecule has 0 radical (unpaired) electrons. The number of carbonyl (C=O) groups is 1. The van der Waals surface area contributed by atoms with Crippen LogP contribution >= 0.6 is 0 Å². The summed E-state index contributed by atoms with van der Waals surface area (Å²) in [5, 5.41) is 6.33. The van der Waals surface area contributed by atoms with Gasteiger partial charge in [0, 0.05) is 19.6 Å². The Morgan fingerprint density at radius 2 is 2.05 bits per heavy atom. The van der Waals surface area contributed by atoms with E-state index in [1.54, 1.807) is 11.2 Å². The fourth-order valence-electron chi connectivity index (χ4n) is 2.79. The van der Waals surface area contributed by atoms with Crippen molar-refractivity contribution >= 4 is 15.9 Å². The number of nitrogens with one attached hydrogen (secondary N) is 1. The molecule has 1 aromatic heterocycles. The number of rotatable bonds is 5. The molecule has 2 aliphatic rings. The highest BCUT2D eigenvalue weighted by atomic mass is 32.2. The van der Waals surface area contributed by atoms with Gasteiger partial charge in [-0.15, -0.1) is 0 Å². The van der Waals surface area contributed by atoms with Gasteiger partial charge in [0.15, 0.2) is 0 Å². The van der Waals surface area contributed by atoms with Crippen LogP contribution in [0.25, 0.3) is 0 Å². The Balaban J connectivity index is 1.46. The molecule has 122 valence electrons. The maximum absolute atomic E-state index is 12.2. The molecule has 1 aliphatic heterocycles. The van der Waals surface area contributed by atoms with Crippen LogP contribution in [0.15, 0.2) is 10.7 Å². The molecule has 1 N–H and O–H groups in total. The van der Waals surface area contributed by atoms with Crippen molar-refractivity contribution in [2.24, 2.45) is 5.92 Å². The molecule has 0 unspecified atom stereocenters. The van der Waals surface area contributed by atoms with Gasteiger partial charge in [-0.1, -0.05) is 5.16 Å². The normalized spacial score (nSPS) is 21.0. The monoisotopic (exact) mass is 327 g/mol. The number of amides is 1. The van der Waals surface area contributed by atoms with E-state index in [-0.39, 0.29) is 11.2 Å². The summed E-state index contributed by atoms with van der Waals surface area (Å²) in [6, 6.07) is 0. The summed E-state index contributed by atoms with van der Waals surface area (Å²) in [4.78, 5) is 12.0. The van der Waals surface area contributed by atoms with Gasteiger partial charge < -0.3 is 9.84 Å². The Labute approximate surface area is 130 Å². The van der Waals surface area contributed by atoms with Crippen LogP contribution in [0.4, 0.5) is 0 Å². The maximum atomic E-state index is 12.2. The number of carbonyl (C=O) groups excluding carboxylic acids is 1. The molecule has 0 aromatic carbocycles. The number of aromatic nitrogens is 1. The first-order valence-electron chi connectivity index (χ1n) is 7.67. The highest BCUT2D eigenvalue weighted by molar-refractivity contribution is 7.90. The van der Waals surface area contributed by atoms with Crippen molar-refractivity contribution in [1.29, 1.82) is 0 Å². The molecule has 7 nitrogen and oxygen atoms in total. The van der Waals surface area contributed by atoms with Crippen molar-refractivity contribution in [3.63, 3.8) is 0 Å². The van der Waals surface area contributed by atoms with Gasteiger partial charge in [0.1, 0.15) is 11.3 Å². The molecule has 22 heavy (non-hydrogen) atoms. The topological polar surface area (TPSA) is 92.5 Å². The zero-order valence-corrected chi connectivity index (χ0v) is 13.4. The van der Waals surface area contributed by atoms with Crippen LogP contribution in [0.2, 0.25) is 0 Å². The van der Waals surface area contributed by atoms with E-state index in [0.717, 1.165) is 25.7 Å². The molecule has 2 heterocycles. The minimum absolute atomic E-state index is 0.139. The predicted octanol–water partition coefficient (Wildman–Crippen LogP) is 0.917. The molecule has 1 aromatic rings. The lowest BCUT2D eigenvalue weighted by atomic mass is 9.98. The molecule has 0 bridgehead atoms. The van der Waals surface area contributed by atoms with E-state index in [1.165, 1.54) is 6.20 Å². The van der Waals surface area contributed by atoms with Crippen molar-refractivity contribution < 1.29 is 17.7 Å². The number of sulfonamides is 1. The Morgan fingerprint density at radius 1 is 1.36 bits per heavy atom. The van der Waals surface area contributed by atoms with Crippen molar-refractivity contribution in [3.8, 4) is 0 Å². The molecular weight excluding hydrogens is 306 g/mol. The average molecular weight is 327 g/mol. The molecule has 1 amide bonds. The van der Waals surface area contributed by atoms with E-state index < -0.39 is 10.0 Å². The van der Waals surface area contributed by atoms with Crippen LogP contribution < -0.4 is 5.32 Å². The van der Waals surface area contributed by atoms with Gasteiger partial charge in [0.25, 0.3) is 5.91 Å². The standard InChI is InChI=1S/C14H21N3O4S/c1-10-13(9-16-21-10)14(18)15-8-11-4-6-17(7-5-11)22(19,20)12-2-3-12/h9,11-12H,2-8H2,1H3,(H,15,18). The molecule has 0 atom stereocenters. The van der Waals surface area contributed by atoms with Crippen molar-refractivity contribution in [2.75, 3.05) is 19.6 Å². The van der Waals surface area contributed by atoms with E-state index in [0.29, 0.717) is 36.9 Å². The number of aryl methyl sites for hydroxylation is 1. The Morgan fingerprint density at radius 3 is 2.59 bits per heavy atom. The van der Waals surface area contributed by atoms with Gasteiger partial charge in [-0.2, -0.15) is 0 Å². The second-order valence-electron chi connectivity index (χ2n) is 6.09. The van der Waals surface area contributed by atoms with Crippen molar-refractivity contribution in [3.05, 3.63) is 17.5 Å². The lowest BCUT2D eigenvalue weighted by molar-refractivity contribution is 0.0940. The summed E-state index contributed by atoms with van der Waals surface area (Å²) in [7, 11) is -3.06. The highest BCUT2D eigenvalue weighted by Crippen LogP contribution is 2.33. The molecule has 0 spiro atoms. The molecule has 2 fully saturated rings. The van der Waals surface area contributed by atoms with E-state index in [1.807, 2.05) is 0 Å².